The van der Waals surface area contributed by atoms with Gasteiger partial charge in [0.05, 0.1) is 4.90 Å². The lowest BCUT2D eigenvalue weighted by Crippen LogP contribution is -2.39. The van der Waals surface area contributed by atoms with E-state index in [1.807, 2.05) is 0 Å². The van der Waals surface area contributed by atoms with Crippen LogP contribution in [0.25, 0.3) is 0 Å². The van der Waals surface area contributed by atoms with Crippen LogP contribution in [-0.4, -0.2) is 25.8 Å². The van der Waals surface area contributed by atoms with Gasteiger partial charge >= 0.3 is 0 Å². The number of rotatable bonds is 2. The SMILES string of the molecule is CC1CCCN(S(=O)(=O)c2cc(Cl)cc(Cl)c2)C1. The van der Waals surface area contributed by atoms with E-state index in [1.165, 1.54) is 22.5 Å². The summed E-state index contributed by atoms with van der Waals surface area (Å²) in [6, 6.07) is 4.42. The Kier molecular flexibility index (Phi) is 4.22. The minimum Gasteiger partial charge on any atom is -0.207 e. The van der Waals surface area contributed by atoms with Gasteiger partial charge in [0.25, 0.3) is 0 Å². The standard InChI is InChI=1S/C12H15Cl2NO2S/c1-9-3-2-4-15(8-9)18(16,17)12-6-10(13)5-11(14)7-12/h5-7,9H,2-4,8H2,1H3. The van der Waals surface area contributed by atoms with Crippen molar-refractivity contribution in [3.63, 3.8) is 0 Å². The lowest BCUT2D eigenvalue weighted by Gasteiger charge is -2.30. The summed E-state index contributed by atoms with van der Waals surface area (Å²) in [6.07, 6.45) is 1.97. The van der Waals surface area contributed by atoms with Gasteiger partial charge in [0.1, 0.15) is 0 Å². The van der Waals surface area contributed by atoms with Crippen molar-refractivity contribution in [3.05, 3.63) is 28.2 Å². The van der Waals surface area contributed by atoms with Crippen LogP contribution in [0.4, 0.5) is 0 Å². The van der Waals surface area contributed by atoms with Crippen molar-refractivity contribution in [3.8, 4) is 0 Å². The fraction of sp³-hybridized carbons (Fsp3) is 0.500. The minimum absolute atomic E-state index is 0.175. The Labute approximate surface area is 118 Å². The molecule has 0 amide bonds. The molecule has 0 saturated carbocycles. The zero-order valence-corrected chi connectivity index (χ0v) is 12.4. The van der Waals surface area contributed by atoms with Crippen LogP contribution in [-0.2, 0) is 10.0 Å². The van der Waals surface area contributed by atoms with Crippen LogP contribution in [0.5, 0.6) is 0 Å². The third-order valence-electron chi connectivity index (χ3n) is 3.09. The smallest absolute Gasteiger partial charge is 0.207 e. The van der Waals surface area contributed by atoms with E-state index in [4.69, 9.17) is 23.2 Å². The molecule has 1 unspecified atom stereocenters. The molecule has 0 bridgehead atoms. The number of nitrogens with zero attached hydrogens (tertiary/aromatic N) is 1. The lowest BCUT2D eigenvalue weighted by atomic mass is 10.0. The Bertz CT molecular complexity index is 525. The fourth-order valence-electron chi connectivity index (χ4n) is 2.19. The van der Waals surface area contributed by atoms with Gasteiger partial charge in [-0.3, -0.25) is 0 Å². The highest BCUT2D eigenvalue weighted by molar-refractivity contribution is 7.89. The molecule has 0 aromatic heterocycles. The number of hydrogen-bond acceptors (Lipinski definition) is 2. The van der Waals surface area contributed by atoms with Gasteiger partial charge < -0.3 is 0 Å². The van der Waals surface area contributed by atoms with Gasteiger partial charge in [0.15, 0.2) is 0 Å². The summed E-state index contributed by atoms with van der Waals surface area (Å²) in [5, 5.41) is 0.678. The van der Waals surface area contributed by atoms with E-state index in [0.29, 0.717) is 29.1 Å². The summed E-state index contributed by atoms with van der Waals surface area (Å²) in [5.74, 6) is 0.392. The van der Waals surface area contributed by atoms with Gasteiger partial charge in [-0.05, 0) is 37.0 Å². The first-order valence-corrected chi connectivity index (χ1v) is 8.05. The zero-order chi connectivity index (χ0) is 13.3. The van der Waals surface area contributed by atoms with Gasteiger partial charge in [0.2, 0.25) is 10.0 Å². The van der Waals surface area contributed by atoms with Crippen molar-refractivity contribution in [1.29, 1.82) is 0 Å². The van der Waals surface area contributed by atoms with Gasteiger partial charge in [-0.25, -0.2) is 8.42 Å². The molecular formula is C12H15Cl2NO2S. The molecule has 1 aliphatic heterocycles. The van der Waals surface area contributed by atoms with Gasteiger partial charge in [-0.1, -0.05) is 30.1 Å². The van der Waals surface area contributed by atoms with Crippen LogP contribution in [0, 0.1) is 5.92 Å². The van der Waals surface area contributed by atoms with Gasteiger partial charge in [-0.2, -0.15) is 4.31 Å². The largest absolute Gasteiger partial charge is 0.243 e. The molecular weight excluding hydrogens is 293 g/mol. The molecule has 6 heteroatoms. The van der Waals surface area contributed by atoms with E-state index in [-0.39, 0.29) is 4.90 Å². The second kappa shape index (κ2) is 5.37. The summed E-state index contributed by atoms with van der Waals surface area (Å²) in [7, 11) is -3.48. The van der Waals surface area contributed by atoms with Crippen molar-refractivity contribution in [1.82, 2.24) is 4.31 Å². The lowest BCUT2D eigenvalue weighted by molar-refractivity contribution is 0.281. The molecule has 1 aromatic rings. The molecule has 3 nitrogen and oxygen atoms in total. The van der Waals surface area contributed by atoms with E-state index in [0.717, 1.165) is 12.8 Å². The second-order valence-electron chi connectivity index (χ2n) is 4.72. The topological polar surface area (TPSA) is 37.4 Å². The molecule has 100 valence electrons. The summed E-state index contributed by atoms with van der Waals surface area (Å²) < 4.78 is 26.4. The quantitative estimate of drug-likeness (QED) is 0.839. The fourth-order valence-corrected chi connectivity index (χ4v) is 4.52. The van der Waals surface area contributed by atoms with E-state index >= 15 is 0 Å². The molecule has 0 aliphatic carbocycles. The third-order valence-corrected chi connectivity index (χ3v) is 5.37. The Hall–Kier alpha value is -0.290. The maximum atomic E-state index is 12.4. The Morgan fingerprint density at radius 3 is 2.39 bits per heavy atom. The van der Waals surface area contributed by atoms with Crippen LogP contribution in [0.3, 0.4) is 0 Å². The monoisotopic (exact) mass is 307 g/mol. The predicted octanol–water partition coefficient (Wildman–Crippen LogP) is 3.41. The van der Waals surface area contributed by atoms with E-state index in [2.05, 4.69) is 6.92 Å². The van der Waals surface area contributed by atoms with Crippen LogP contribution >= 0.6 is 23.2 Å². The van der Waals surface area contributed by atoms with Crippen LogP contribution in [0.15, 0.2) is 23.1 Å². The van der Waals surface area contributed by atoms with Crippen molar-refractivity contribution in [2.75, 3.05) is 13.1 Å². The first kappa shape index (κ1) is 14.1. The Balaban J connectivity index is 2.35. The van der Waals surface area contributed by atoms with Gasteiger partial charge in [0, 0.05) is 23.1 Å². The number of hydrogen-bond donors (Lipinski definition) is 0. The average molecular weight is 308 g/mol. The van der Waals surface area contributed by atoms with E-state index in [9.17, 15) is 8.42 Å². The molecule has 0 spiro atoms. The maximum Gasteiger partial charge on any atom is 0.243 e. The van der Waals surface area contributed by atoms with Crippen LogP contribution in [0.2, 0.25) is 10.0 Å². The molecule has 1 heterocycles. The van der Waals surface area contributed by atoms with Crippen molar-refractivity contribution >= 4 is 33.2 Å². The number of benzene rings is 1. The molecule has 1 saturated heterocycles. The Morgan fingerprint density at radius 1 is 1.22 bits per heavy atom. The van der Waals surface area contributed by atoms with E-state index < -0.39 is 10.0 Å². The molecule has 1 atom stereocenters. The van der Waals surface area contributed by atoms with Gasteiger partial charge in [-0.15, -0.1) is 0 Å². The first-order chi connectivity index (χ1) is 8.39. The first-order valence-electron chi connectivity index (χ1n) is 5.86. The number of sulfonamides is 1. The Morgan fingerprint density at radius 2 is 1.83 bits per heavy atom. The summed E-state index contributed by atoms with van der Waals surface area (Å²) in [6.45, 7) is 3.19. The molecule has 0 radical (unpaired) electrons. The van der Waals surface area contributed by atoms with Crippen molar-refractivity contribution < 1.29 is 8.42 Å². The minimum atomic E-state index is -3.48. The van der Waals surface area contributed by atoms with Crippen LogP contribution < -0.4 is 0 Å². The predicted molar refractivity (Wildman–Crippen MR) is 73.6 cm³/mol. The van der Waals surface area contributed by atoms with E-state index in [1.54, 1.807) is 0 Å². The summed E-state index contributed by atoms with van der Waals surface area (Å²) >= 11 is 11.7. The molecule has 1 fully saturated rings. The molecule has 18 heavy (non-hydrogen) atoms. The average Bonchev–Trinajstić information content (AvgIpc) is 2.27. The normalized spacial score (nSPS) is 22.1. The highest BCUT2D eigenvalue weighted by atomic mass is 35.5. The van der Waals surface area contributed by atoms with Crippen molar-refractivity contribution in [2.24, 2.45) is 5.92 Å². The number of piperidine rings is 1. The molecule has 2 rings (SSSR count). The zero-order valence-electron chi connectivity index (χ0n) is 10.1. The highest BCUT2D eigenvalue weighted by Crippen LogP contribution is 2.27. The maximum absolute atomic E-state index is 12.4. The number of halogens is 2. The molecule has 0 N–H and O–H groups in total. The summed E-state index contributed by atoms with van der Waals surface area (Å²) in [5.41, 5.74) is 0. The second-order valence-corrected chi connectivity index (χ2v) is 7.53. The molecule has 1 aromatic carbocycles. The van der Waals surface area contributed by atoms with Crippen LogP contribution in [0.1, 0.15) is 19.8 Å². The molecule has 1 aliphatic rings. The summed E-state index contributed by atoms with van der Waals surface area (Å²) in [4.78, 5) is 0.175. The van der Waals surface area contributed by atoms with Crippen molar-refractivity contribution in [2.45, 2.75) is 24.7 Å². The third kappa shape index (κ3) is 2.99. The highest BCUT2D eigenvalue weighted by Gasteiger charge is 2.28.